The average Bonchev–Trinajstić information content (AvgIpc) is 3.50. The van der Waals surface area contributed by atoms with E-state index >= 15 is 0 Å². The third-order valence-corrected chi connectivity index (χ3v) is 7.84. The van der Waals surface area contributed by atoms with Crippen LogP contribution in [-0.2, 0) is 26.5 Å². The van der Waals surface area contributed by atoms with E-state index in [0.29, 0.717) is 0 Å². The number of hydrogen-bond donors (Lipinski definition) is 0. The normalized spacial score (nSPS) is 10.6. The smallest absolute Gasteiger partial charge is 0.120 e. The Morgan fingerprint density at radius 1 is 0.609 bits per heavy atom. The minimum atomic E-state index is 0. The van der Waals surface area contributed by atoms with Gasteiger partial charge in [0.2, 0.25) is 0 Å². The molecule has 0 N–H and O–H groups in total. The largest absolute Gasteiger partial charge is 0.501 e. The summed E-state index contributed by atoms with van der Waals surface area (Å²) in [7, 11) is 0. The molecule has 225 valence electrons. The molecule has 0 bridgehead atoms. The van der Waals surface area contributed by atoms with Crippen LogP contribution in [0.2, 0.25) is 0 Å². The third kappa shape index (κ3) is 6.74. The van der Waals surface area contributed by atoms with Crippen molar-refractivity contribution in [1.29, 1.82) is 0 Å². The molecular weight excluding hydrogens is 741 g/mol. The van der Waals surface area contributed by atoms with Crippen molar-refractivity contribution in [3.05, 3.63) is 181 Å². The van der Waals surface area contributed by atoms with Crippen LogP contribution in [0.1, 0.15) is 16.7 Å². The fourth-order valence-electron chi connectivity index (χ4n) is 5.54. The van der Waals surface area contributed by atoms with Gasteiger partial charge in [0.25, 0.3) is 0 Å². The Bertz CT molecular complexity index is 2180. The van der Waals surface area contributed by atoms with Crippen LogP contribution in [0.15, 0.2) is 156 Å². The zero-order valence-corrected chi connectivity index (χ0v) is 27.7. The fourth-order valence-corrected chi connectivity index (χ4v) is 5.54. The first-order chi connectivity index (χ1) is 22.2. The number of pyridine rings is 2. The van der Waals surface area contributed by atoms with Gasteiger partial charge in [-0.3, -0.25) is 0 Å². The van der Waals surface area contributed by atoms with Crippen LogP contribution in [0, 0.1) is 19.1 Å². The topological polar surface area (TPSA) is 38.9 Å². The van der Waals surface area contributed by atoms with E-state index in [-0.39, 0.29) is 20.1 Å². The molecule has 0 amide bonds. The van der Waals surface area contributed by atoms with Gasteiger partial charge in [0.05, 0.1) is 5.58 Å². The summed E-state index contributed by atoms with van der Waals surface area (Å²) >= 11 is 0. The Labute approximate surface area is 283 Å². The molecule has 0 saturated heterocycles. The van der Waals surface area contributed by atoms with E-state index in [9.17, 15) is 0 Å². The van der Waals surface area contributed by atoms with Crippen LogP contribution in [0.5, 0.6) is 0 Å². The predicted octanol–water partition coefficient (Wildman–Crippen LogP) is 10.6. The maximum absolute atomic E-state index is 6.14. The summed E-state index contributed by atoms with van der Waals surface area (Å²) in [5, 5.41) is 2.21. The van der Waals surface area contributed by atoms with Crippen molar-refractivity contribution in [3.63, 3.8) is 0 Å². The van der Waals surface area contributed by atoms with Gasteiger partial charge in [-0.25, -0.2) is 0 Å². The van der Waals surface area contributed by atoms with E-state index in [1.54, 1.807) is 0 Å². The zero-order valence-electron chi connectivity index (χ0n) is 25.3. The van der Waals surface area contributed by atoms with E-state index < -0.39 is 0 Å². The summed E-state index contributed by atoms with van der Waals surface area (Å²) in [4.78, 5) is 9.18. The van der Waals surface area contributed by atoms with E-state index in [1.165, 1.54) is 22.3 Å². The Hall–Kier alpha value is -5.15. The van der Waals surface area contributed by atoms with Crippen LogP contribution in [0.25, 0.3) is 55.6 Å². The molecule has 3 heterocycles. The molecule has 0 saturated carbocycles. The van der Waals surface area contributed by atoms with Crippen LogP contribution < -0.4 is 0 Å². The van der Waals surface area contributed by atoms with Gasteiger partial charge in [-0.2, -0.15) is 0 Å². The van der Waals surface area contributed by atoms with Crippen LogP contribution in [-0.4, -0.2) is 9.97 Å². The van der Waals surface area contributed by atoms with Crippen LogP contribution in [0.4, 0.5) is 0 Å². The number of aromatic nitrogens is 2. The average molecular weight is 771 g/mol. The van der Waals surface area contributed by atoms with Gasteiger partial charge in [-0.15, -0.1) is 54.1 Å². The first kappa shape index (κ1) is 30.9. The molecule has 1 radical (unpaired) electrons. The molecule has 4 heteroatoms. The minimum Gasteiger partial charge on any atom is -0.501 e. The number of para-hydroxylation sites is 1. The molecule has 3 nitrogen and oxygen atoms in total. The van der Waals surface area contributed by atoms with Crippen LogP contribution in [0.3, 0.4) is 0 Å². The number of nitrogens with zero attached hydrogens (tertiary/aromatic N) is 2. The molecule has 8 rings (SSSR count). The van der Waals surface area contributed by atoms with Crippen LogP contribution >= 0.6 is 0 Å². The second kappa shape index (κ2) is 14.3. The Morgan fingerprint density at radius 3 is 2.11 bits per heavy atom. The first-order valence-electron chi connectivity index (χ1n) is 15.0. The second-order valence-corrected chi connectivity index (χ2v) is 10.9. The van der Waals surface area contributed by atoms with Crippen molar-refractivity contribution in [1.82, 2.24) is 9.97 Å². The summed E-state index contributed by atoms with van der Waals surface area (Å²) in [6.07, 6.45) is 4.79. The molecule has 0 atom stereocenters. The Morgan fingerprint density at radius 2 is 1.35 bits per heavy atom. The molecule has 3 aromatic heterocycles. The number of furan rings is 1. The predicted molar refractivity (Wildman–Crippen MR) is 184 cm³/mol. The Kier molecular flexibility index (Phi) is 9.59. The maximum Gasteiger partial charge on any atom is 0.120 e. The quantitative estimate of drug-likeness (QED) is 0.164. The molecule has 8 aromatic rings. The summed E-state index contributed by atoms with van der Waals surface area (Å²) in [6, 6.07) is 53.7. The molecule has 0 aliphatic rings. The molecule has 46 heavy (non-hydrogen) atoms. The van der Waals surface area contributed by atoms with Crippen molar-refractivity contribution in [2.45, 2.75) is 13.3 Å². The number of aryl methyl sites for hydroxylation is 1. The number of hydrogen-bond acceptors (Lipinski definition) is 3. The first-order valence-corrected chi connectivity index (χ1v) is 15.0. The molecule has 5 aromatic carbocycles. The number of fused-ring (bicyclic) bond motifs is 3. The zero-order chi connectivity index (χ0) is 30.4. The molecular formula is C42H30IrN2O-2. The monoisotopic (exact) mass is 771 g/mol. The van der Waals surface area contributed by atoms with Gasteiger partial charge >= 0.3 is 0 Å². The van der Waals surface area contributed by atoms with Gasteiger partial charge in [-0.05, 0) is 58.6 Å². The van der Waals surface area contributed by atoms with Gasteiger partial charge in [-0.1, -0.05) is 108 Å². The summed E-state index contributed by atoms with van der Waals surface area (Å²) in [5.41, 5.74) is 11.6. The van der Waals surface area contributed by atoms with Crippen molar-refractivity contribution in [3.8, 4) is 33.6 Å². The third-order valence-electron chi connectivity index (χ3n) is 7.84. The van der Waals surface area contributed by atoms with E-state index in [4.69, 9.17) is 4.42 Å². The van der Waals surface area contributed by atoms with Gasteiger partial charge in [0, 0.05) is 37.9 Å². The standard InChI is InChI=1S/C24H16NO.C18H14N.Ir/c1-16-15-25-22(14-21(16)17-8-3-2-4-9-17)20-12-7-11-19-18-10-5-6-13-23(18)26-24(19)20;1-3-7-15(8-4-1)13-16-11-12-18(19-14-16)17-9-5-2-6-10-17;/h2-11,13-15H,1H3;1-9,11-12,14H,13H2;/q2*-1;. The molecule has 0 aliphatic heterocycles. The fraction of sp³-hybridized carbons (Fsp3) is 0.0476. The summed E-state index contributed by atoms with van der Waals surface area (Å²) < 4.78 is 6.14. The second-order valence-electron chi connectivity index (χ2n) is 10.9. The number of benzene rings is 5. The molecule has 0 spiro atoms. The van der Waals surface area contributed by atoms with Crippen molar-refractivity contribution in [2.75, 3.05) is 0 Å². The number of rotatable bonds is 5. The van der Waals surface area contributed by atoms with E-state index in [1.807, 2.05) is 73.1 Å². The van der Waals surface area contributed by atoms with E-state index in [2.05, 4.69) is 108 Å². The van der Waals surface area contributed by atoms with Gasteiger partial charge in [0.15, 0.2) is 0 Å². The summed E-state index contributed by atoms with van der Waals surface area (Å²) in [5.74, 6) is 0. The summed E-state index contributed by atoms with van der Waals surface area (Å²) in [6.45, 7) is 2.09. The van der Waals surface area contributed by atoms with Crippen molar-refractivity contribution >= 4 is 21.9 Å². The Balaban J connectivity index is 0.000000166. The molecule has 0 aliphatic carbocycles. The SMILES string of the molecule is Cc1cnc(-c2[c-]ccc3c2oc2ccccc23)cc1-c1ccccc1.[Ir].[c-]1ccccc1-c1ccc(Cc2ccccc2)cn1. The minimum absolute atomic E-state index is 0. The van der Waals surface area contributed by atoms with E-state index in [0.717, 1.165) is 56.4 Å². The molecule has 0 fully saturated rings. The van der Waals surface area contributed by atoms with Gasteiger partial charge in [0.1, 0.15) is 5.58 Å². The van der Waals surface area contributed by atoms with Gasteiger partial charge < -0.3 is 14.4 Å². The van der Waals surface area contributed by atoms with Crippen molar-refractivity contribution < 1.29 is 24.5 Å². The van der Waals surface area contributed by atoms with Crippen molar-refractivity contribution in [2.24, 2.45) is 0 Å². The molecule has 0 unspecified atom stereocenters. The maximum atomic E-state index is 6.14.